The van der Waals surface area contributed by atoms with Crippen LogP contribution < -0.4 is 10.1 Å². The molecule has 1 aliphatic rings. The van der Waals surface area contributed by atoms with Crippen LogP contribution in [0.4, 0.5) is 11.4 Å². The maximum atomic E-state index is 11.2. The van der Waals surface area contributed by atoms with Crippen molar-refractivity contribution in [1.82, 2.24) is 4.57 Å². The summed E-state index contributed by atoms with van der Waals surface area (Å²) >= 11 is 6.78. The van der Waals surface area contributed by atoms with Gasteiger partial charge in [0.25, 0.3) is 0 Å². The van der Waals surface area contributed by atoms with Crippen LogP contribution in [0.5, 0.6) is 11.6 Å². The maximum Gasteiger partial charge on any atom is 0.221 e. The average molecular weight is 424 g/mol. The van der Waals surface area contributed by atoms with E-state index in [2.05, 4.69) is 10.3 Å². The number of hydrogen-bond acceptors (Lipinski definition) is 6. The number of carbonyl (C=O) groups is 1. The second kappa shape index (κ2) is 7.65. The third kappa shape index (κ3) is 3.72. The molecule has 0 saturated heterocycles. The molecule has 0 aliphatic carbocycles. The number of nitrogens with one attached hydrogen (secondary N) is 1. The summed E-state index contributed by atoms with van der Waals surface area (Å²) in [6, 6.07) is 12.8. The van der Waals surface area contributed by atoms with Crippen LogP contribution in [0.25, 0.3) is 17.3 Å². The van der Waals surface area contributed by atoms with E-state index in [-0.39, 0.29) is 11.8 Å². The Balaban J connectivity index is 1.69. The minimum Gasteiger partial charge on any atom is -0.497 e. The molecule has 2 heterocycles. The molecule has 4 rings (SSSR count). The van der Waals surface area contributed by atoms with E-state index in [0.717, 1.165) is 22.6 Å². The van der Waals surface area contributed by atoms with Crippen LogP contribution in [0.1, 0.15) is 17.4 Å². The highest BCUT2D eigenvalue weighted by Gasteiger charge is 2.17. The van der Waals surface area contributed by atoms with Crippen molar-refractivity contribution >= 4 is 58.7 Å². The number of nitrogens with zero attached hydrogens (tertiary/aromatic N) is 2. The molecule has 0 atom stereocenters. The molecule has 0 unspecified atom stereocenters. The largest absolute Gasteiger partial charge is 0.497 e. The van der Waals surface area contributed by atoms with Gasteiger partial charge < -0.3 is 15.2 Å². The fourth-order valence-corrected chi connectivity index (χ4v) is 4.36. The number of thiazole rings is 1. The second-order valence-corrected chi connectivity index (χ2v) is 8.04. The van der Waals surface area contributed by atoms with Crippen LogP contribution in [0.15, 0.2) is 47.5 Å². The van der Waals surface area contributed by atoms with Crippen molar-refractivity contribution in [1.29, 1.82) is 0 Å². The summed E-state index contributed by atoms with van der Waals surface area (Å²) in [5.74, 6) is 0.669. The Labute approximate surface area is 176 Å². The number of methoxy groups -OCH3 is 1. The number of aliphatic imine (C=N–C) groups is 1. The molecule has 1 amide bonds. The molecular formula is C21H17N3O3S2. The van der Waals surface area contributed by atoms with Gasteiger partial charge in [0.2, 0.25) is 11.8 Å². The molecule has 6 nitrogen and oxygen atoms in total. The second-order valence-electron chi connectivity index (χ2n) is 6.36. The molecule has 1 aromatic heterocycles. The lowest BCUT2D eigenvalue weighted by atomic mass is 10.1. The summed E-state index contributed by atoms with van der Waals surface area (Å²) in [5, 5.41) is 13.5. The SMILES string of the molecule is COc1ccc2c(c1)N=C/C2=C\c1sc(=S)n(-c2ccc(NC(C)=O)cc2)c1O. The number of benzene rings is 2. The predicted octanol–water partition coefficient (Wildman–Crippen LogP) is 5.20. The molecule has 1 aliphatic heterocycles. The quantitative estimate of drug-likeness (QED) is 0.566. The molecule has 146 valence electrons. The van der Waals surface area contributed by atoms with E-state index < -0.39 is 0 Å². The number of ether oxygens (including phenoxy) is 1. The number of amides is 1. The van der Waals surface area contributed by atoms with Crippen molar-refractivity contribution in [3.8, 4) is 17.3 Å². The molecule has 3 aromatic rings. The summed E-state index contributed by atoms with van der Waals surface area (Å²) in [6.45, 7) is 1.45. The van der Waals surface area contributed by atoms with Crippen LogP contribution in [0, 0.1) is 3.95 Å². The summed E-state index contributed by atoms with van der Waals surface area (Å²) < 4.78 is 7.36. The first-order valence-corrected chi connectivity index (χ1v) is 9.96. The zero-order valence-corrected chi connectivity index (χ0v) is 17.3. The standard InChI is InChI=1S/C21H17N3O3S2/c1-12(25)23-14-3-5-15(6-4-14)24-20(26)19(29-21(24)28)9-13-11-22-18-10-16(27-2)7-8-17(13)18/h3-11,26H,1-2H3,(H,23,25)/b13-9+. The Hall–Kier alpha value is -3.23. The van der Waals surface area contributed by atoms with E-state index in [1.807, 2.05) is 24.3 Å². The number of aromatic nitrogens is 1. The lowest BCUT2D eigenvalue weighted by Gasteiger charge is -2.07. The number of carbonyl (C=O) groups excluding carboxylic acids is 1. The first kappa shape index (κ1) is 19.1. The third-order valence-corrected chi connectivity index (χ3v) is 5.71. The summed E-state index contributed by atoms with van der Waals surface area (Å²) in [6.07, 6.45) is 3.64. The van der Waals surface area contributed by atoms with E-state index in [9.17, 15) is 9.90 Å². The highest BCUT2D eigenvalue weighted by molar-refractivity contribution is 7.73. The van der Waals surface area contributed by atoms with Crippen molar-refractivity contribution in [2.24, 2.45) is 4.99 Å². The molecule has 0 radical (unpaired) electrons. The van der Waals surface area contributed by atoms with E-state index in [1.165, 1.54) is 18.3 Å². The monoisotopic (exact) mass is 423 g/mol. The van der Waals surface area contributed by atoms with Gasteiger partial charge in [0.1, 0.15) is 5.75 Å². The van der Waals surface area contributed by atoms with Crippen LogP contribution in [0.2, 0.25) is 0 Å². The minimum absolute atomic E-state index is 0.0649. The molecule has 29 heavy (non-hydrogen) atoms. The molecular weight excluding hydrogens is 406 g/mol. The van der Waals surface area contributed by atoms with Gasteiger partial charge in [0.15, 0.2) is 3.95 Å². The van der Waals surface area contributed by atoms with Crippen LogP contribution in [-0.2, 0) is 4.79 Å². The van der Waals surface area contributed by atoms with Gasteiger partial charge in [0.05, 0.1) is 23.4 Å². The Morgan fingerprint density at radius 3 is 2.72 bits per heavy atom. The summed E-state index contributed by atoms with van der Waals surface area (Å²) in [7, 11) is 1.62. The molecule has 8 heteroatoms. The number of anilines is 1. The highest BCUT2D eigenvalue weighted by Crippen LogP contribution is 2.38. The van der Waals surface area contributed by atoms with Gasteiger partial charge in [-0.3, -0.25) is 14.4 Å². The van der Waals surface area contributed by atoms with Gasteiger partial charge >= 0.3 is 0 Å². The van der Waals surface area contributed by atoms with Crippen molar-refractivity contribution in [3.63, 3.8) is 0 Å². The molecule has 0 spiro atoms. The fraction of sp³-hybridized carbons (Fsp3) is 0.0952. The average Bonchev–Trinajstić information content (AvgIpc) is 3.22. The van der Waals surface area contributed by atoms with Gasteiger partial charge in [-0.15, -0.1) is 11.3 Å². The smallest absolute Gasteiger partial charge is 0.221 e. The van der Waals surface area contributed by atoms with Crippen LogP contribution >= 0.6 is 23.6 Å². The first-order chi connectivity index (χ1) is 14.0. The Bertz CT molecular complexity index is 1220. The molecule has 2 N–H and O–H groups in total. The molecule has 2 aromatic carbocycles. The number of rotatable bonds is 4. The third-order valence-electron chi connectivity index (χ3n) is 4.40. The van der Waals surface area contributed by atoms with Crippen molar-refractivity contribution in [3.05, 3.63) is 56.9 Å². The van der Waals surface area contributed by atoms with Crippen molar-refractivity contribution in [2.45, 2.75) is 6.92 Å². The van der Waals surface area contributed by atoms with E-state index in [4.69, 9.17) is 17.0 Å². The first-order valence-electron chi connectivity index (χ1n) is 8.73. The van der Waals surface area contributed by atoms with Crippen LogP contribution in [0.3, 0.4) is 0 Å². The van der Waals surface area contributed by atoms with Gasteiger partial charge in [-0.25, -0.2) is 0 Å². The Morgan fingerprint density at radius 1 is 1.28 bits per heavy atom. The molecule has 0 fully saturated rings. The topological polar surface area (TPSA) is 75.8 Å². The number of hydrogen-bond donors (Lipinski definition) is 2. The Kier molecular flexibility index (Phi) is 5.04. The Morgan fingerprint density at radius 2 is 2.03 bits per heavy atom. The van der Waals surface area contributed by atoms with Crippen molar-refractivity contribution in [2.75, 3.05) is 12.4 Å². The number of fused-ring (bicyclic) bond motifs is 1. The highest BCUT2D eigenvalue weighted by atomic mass is 32.1. The minimum atomic E-state index is -0.141. The predicted molar refractivity (Wildman–Crippen MR) is 119 cm³/mol. The lowest BCUT2D eigenvalue weighted by Crippen LogP contribution is -2.05. The zero-order chi connectivity index (χ0) is 20.5. The van der Waals surface area contributed by atoms with E-state index in [0.29, 0.717) is 20.2 Å². The molecule has 0 saturated carbocycles. The van der Waals surface area contributed by atoms with E-state index in [1.54, 1.807) is 42.2 Å². The summed E-state index contributed by atoms with van der Waals surface area (Å²) in [5.41, 5.74) is 4.08. The van der Waals surface area contributed by atoms with Gasteiger partial charge in [-0.1, -0.05) is 0 Å². The fourth-order valence-electron chi connectivity index (χ4n) is 3.06. The molecule has 0 bridgehead atoms. The lowest BCUT2D eigenvalue weighted by molar-refractivity contribution is -0.114. The summed E-state index contributed by atoms with van der Waals surface area (Å²) in [4.78, 5) is 16.2. The van der Waals surface area contributed by atoms with E-state index >= 15 is 0 Å². The number of allylic oxidation sites excluding steroid dienone is 1. The van der Waals surface area contributed by atoms with Gasteiger partial charge in [0, 0.05) is 36.0 Å². The van der Waals surface area contributed by atoms with Crippen LogP contribution in [-0.4, -0.2) is 28.9 Å². The number of aromatic hydroxyl groups is 1. The van der Waals surface area contributed by atoms with Crippen molar-refractivity contribution < 1.29 is 14.6 Å². The normalized spacial score (nSPS) is 13.5. The zero-order valence-electron chi connectivity index (χ0n) is 15.7. The maximum absolute atomic E-state index is 11.2. The van der Waals surface area contributed by atoms with Gasteiger partial charge in [-0.2, -0.15) is 0 Å². The van der Waals surface area contributed by atoms with Gasteiger partial charge in [-0.05, 0) is 54.7 Å².